The van der Waals surface area contributed by atoms with Gasteiger partial charge >= 0.3 is 0 Å². The second kappa shape index (κ2) is 10.4. The standard InChI is InChI=1S/C27H30N2O5S/c1-19-11-13-21(14-12-19)29(35(31,32)22-15-16-25(33-2)26(17-22)34-3)18-27(30)28-24-10-6-8-20-7-4-5-9-23(20)24/h4-5,7,9,11-17,24H,6,8,10,18H2,1-3H3,(H,28,30)/t24-/m1/s1. The first-order valence-electron chi connectivity index (χ1n) is 11.5. The van der Waals surface area contributed by atoms with Gasteiger partial charge in [0.2, 0.25) is 5.91 Å². The average Bonchev–Trinajstić information content (AvgIpc) is 2.87. The molecule has 0 unspecified atom stereocenters. The molecule has 7 nitrogen and oxygen atoms in total. The fourth-order valence-electron chi connectivity index (χ4n) is 4.40. The highest BCUT2D eigenvalue weighted by Crippen LogP contribution is 2.33. The number of benzene rings is 3. The molecule has 0 fully saturated rings. The highest BCUT2D eigenvalue weighted by atomic mass is 32.2. The summed E-state index contributed by atoms with van der Waals surface area (Å²) in [6, 6.07) is 19.4. The summed E-state index contributed by atoms with van der Waals surface area (Å²) >= 11 is 0. The molecule has 1 amide bonds. The van der Waals surface area contributed by atoms with E-state index in [9.17, 15) is 13.2 Å². The molecule has 0 heterocycles. The molecule has 0 saturated carbocycles. The number of sulfonamides is 1. The van der Waals surface area contributed by atoms with Gasteiger partial charge in [0.15, 0.2) is 11.5 Å². The van der Waals surface area contributed by atoms with Crippen molar-refractivity contribution in [3.8, 4) is 11.5 Å². The number of fused-ring (bicyclic) bond motifs is 1. The van der Waals surface area contributed by atoms with Crippen LogP contribution in [-0.4, -0.2) is 35.1 Å². The highest BCUT2D eigenvalue weighted by molar-refractivity contribution is 7.92. The van der Waals surface area contributed by atoms with Gasteiger partial charge in [-0.05, 0) is 61.6 Å². The summed E-state index contributed by atoms with van der Waals surface area (Å²) in [5.41, 5.74) is 3.71. The average molecular weight is 495 g/mol. The van der Waals surface area contributed by atoms with Crippen LogP contribution < -0.4 is 19.1 Å². The normalized spacial score (nSPS) is 15.1. The third kappa shape index (κ3) is 5.27. The van der Waals surface area contributed by atoms with Gasteiger partial charge in [0.25, 0.3) is 10.0 Å². The highest BCUT2D eigenvalue weighted by Gasteiger charge is 2.30. The van der Waals surface area contributed by atoms with Crippen LogP contribution in [0.3, 0.4) is 0 Å². The van der Waals surface area contributed by atoms with Gasteiger partial charge in [-0.2, -0.15) is 0 Å². The Kier molecular flexibility index (Phi) is 7.31. The summed E-state index contributed by atoms with van der Waals surface area (Å²) in [7, 11) is -1.15. The van der Waals surface area contributed by atoms with Crippen molar-refractivity contribution in [1.29, 1.82) is 0 Å². The predicted octanol–water partition coefficient (Wildman–Crippen LogP) is 4.40. The van der Waals surface area contributed by atoms with Crippen molar-refractivity contribution in [3.63, 3.8) is 0 Å². The van der Waals surface area contributed by atoms with Crippen molar-refractivity contribution in [1.82, 2.24) is 5.32 Å². The van der Waals surface area contributed by atoms with Gasteiger partial charge in [-0.3, -0.25) is 9.10 Å². The molecular weight excluding hydrogens is 464 g/mol. The molecule has 0 spiro atoms. The van der Waals surface area contributed by atoms with E-state index >= 15 is 0 Å². The SMILES string of the molecule is COc1ccc(S(=O)(=O)N(CC(=O)N[C@@H]2CCCc3ccccc32)c2ccc(C)cc2)cc1OC. The topological polar surface area (TPSA) is 84.9 Å². The summed E-state index contributed by atoms with van der Waals surface area (Å²) < 4.78 is 39.2. The monoisotopic (exact) mass is 494 g/mol. The number of hydrogen-bond acceptors (Lipinski definition) is 5. The van der Waals surface area contributed by atoms with E-state index in [0.717, 1.165) is 34.7 Å². The molecule has 3 aromatic carbocycles. The van der Waals surface area contributed by atoms with Crippen LogP contribution in [0.1, 0.15) is 35.6 Å². The van der Waals surface area contributed by atoms with E-state index in [2.05, 4.69) is 11.4 Å². The summed E-state index contributed by atoms with van der Waals surface area (Å²) in [6.45, 7) is 1.57. The van der Waals surface area contributed by atoms with Gasteiger partial charge in [0, 0.05) is 6.07 Å². The number of methoxy groups -OCH3 is 2. The van der Waals surface area contributed by atoms with Crippen LogP contribution in [0.4, 0.5) is 5.69 Å². The maximum Gasteiger partial charge on any atom is 0.264 e. The number of carbonyl (C=O) groups excluding carboxylic acids is 1. The van der Waals surface area contributed by atoms with E-state index in [1.807, 2.05) is 37.3 Å². The van der Waals surface area contributed by atoms with Crippen LogP contribution in [0.25, 0.3) is 0 Å². The van der Waals surface area contributed by atoms with Crippen LogP contribution in [0, 0.1) is 6.92 Å². The molecule has 4 rings (SSSR count). The maximum absolute atomic E-state index is 13.8. The Morgan fingerprint density at radius 2 is 1.71 bits per heavy atom. The number of rotatable bonds is 8. The first kappa shape index (κ1) is 24.6. The number of aryl methyl sites for hydroxylation is 2. The minimum atomic E-state index is -4.08. The van der Waals surface area contributed by atoms with E-state index in [4.69, 9.17) is 9.47 Å². The van der Waals surface area contributed by atoms with Crippen molar-refractivity contribution < 1.29 is 22.7 Å². The number of nitrogens with zero attached hydrogens (tertiary/aromatic N) is 1. The molecule has 0 aromatic heterocycles. The minimum absolute atomic E-state index is 0.00605. The van der Waals surface area contributed by atoms with Gasteiger partial charge in [0.05, 0.1) is 30.8 Å². The van der Waals surface area contributed by atoms with Gasteiger partial charge in [0.1, 0.15) is 6.54 Å². The molecule has 0 radical (unpaired) electrons. The molecule has 184 valence electrons. The van der Waals surface area contributed by atoms with E-state index in [0.29, 0.717) is 17.2 Å². The Labute approximate surface area is 206 Å². The number of anilines is 1. The Morgan fingerprint density at radius 1 is 1.00 bits per heavy atom. The Bertz CT molecular complexity index is 1310. The zero-order valence-electron chi connectivity index (χ0n) is 20.2. The molecule has 1 aliphatic carbocycles. The second-order valence-electron chi connectivity index (χ2n) is 8.58. The van der Waals surface area contributed by atoms with Crippen molar-refractivity contribution in [2.45, 2.75) is 37.1 Å². The van der Waals surface area contributed by atoms with Crippen molar-refractivity contribution in [2.24, 2.45) is 0 Å². The Balaban J connectivity index is 1.65. The van der Waals surface area contributed by atoms with Gasteiger partial charge in [-0.15, -0.1) is 0 Å². The molecule has 0 aliphatic heterocycles. The van der Waals surface area contributed by atoms with E-state index in [1.165, 1.54) is 38.0 Å². The van der Waals surface area contributed by atoms with Gasteiger partial charge < -0.3 is 14.8 Å². The smallest absolute Gasteiger partial charge is 0.264 e. The van der Waals surface area contributed by atoms with E-state index in [-0.39, 0.29) is 23.4 Å². The van der Waals surface area contributed by atoms with Crippen molar-refractivity contribution in [3.05, 3.63) is 83.4 Å². The molecule has 0 saturated heterocycles. The first-order chi connectivity index (χ1) is 16.8. The second-order valence-corrected chi connectivity index (χ2v) is 10.4. The quantitative estimate of drug-likeness (QED) is 0.502. The van der Waals surface area contributed by atoms with Gasteiger partial charge in [-0.1, -0.05) is 42.0 Å². The van der Waals surface area contributed by atoms with E-state index < -0.39 is 10.0 Å². The van der Waals surface area contributed by atoms with Crippen LogP contribution in [0.15, 0.2) is 71.6 Å². The fourth-order valence-corrected chi connectivity index (χ4v) is 5.84. The summed E-state index contributed by atoms with van der Waals surface area (Å²) in [5.74, 6) is 0.346. The summed E-state index contributed by atoms with van der Waals surface area (Å²) in [4.78, 5) is 13.2. The number of hydrogen-bond donors (Lipinski definition) is 1. The Morgan fingerprint density at radius 3 is 2.43 bits per heavy atom. The van der Waals surface area contributed by atoms with Crippen LogP contribution in [0.5, 0.6) is 11.5 Å². The van der Waals surface area contributed by atoms with Gasteiger partial charge in [-0.25, -0.2) is 8.42 Å². The maximum atomic E-state index is 13.8. The Hall–Kier alpha value is -3.52. The lowest BCUT2D eigenvalue weighted by molar-refractivity contribution is -0.120. The lowest BCUT2D eigenvalue weighted by Crippen LogP contribution is -2.42. The lowest BCUT2D eigenvalue weighted by Gasteiger charge is -2.29. The van der Waals surface area contributed by atoms with Crippen molar-refractivity contribution >= 4 is 21.6 Å². The number of nitrogens with one attached hydrogen (secondary N) is 1. The predicted molar refractivity (Wildman–Crippen MR) is 136 cm³/mol. The largest absolute Gasteiger partial charge is 0.493 e. The fraction of sp³-hybridized carbons (Fsp3) is 0.296. The van der Waals surface area contributed by atoms with Crippen LogP contribution in [-0.2, 0) is 21.2 Å². The lowest BCUT2D eigenvalue weighted by atomic mass is 9.88. The van der Waals surface area contributed by atoms with Crippen LogP contribution in [0.2, 0.25) is 0 Å². The third-order valence-electron chi connectivity index (χ3n) is 6.26. The molecule has 1 aliphatic rings. The molecular formula is C27H30N2O5S. The first-order valence-corrected chi connectivity index (χ1v) is 13.0. The third-order valence-corrected chi connectivity index (χ3v) is 8.03. The zero-order chi connectivity index (χ0) is 25.0. The summed E-state index contributed by atoms with van der Waals surface area (Å²) in [5, 5.41) is 3.06. The number of ether oxygens (including phenoxy) is 2. The number of carbonyl (C=O) groups is 1. The molecule has 0 bridgehead atoms. The number of amides is 1. The molecule has 1 atom stereocenters. The molecule has 3 aromatic rings. The molecule has 35 heavy (non-hydrogen) atoms. The van der Waals surface area contributed by atoms with Crippen LogP contribution >= 0.6 is 0 Å². The minimum Gasteiger partial charge on any atom is -0.493 e. The van der Waals surface area contributed by atoms with Crippen molar-refractivity contribution in [2.75, 3.05) is 25.1 Å². The molecule has 8 heteroatoms. The summed E-state index contributed by atoms with van der Waals surface area (Å²) in [6.07, 6.45) is 2.76. The molecule has 1 N–H and O–H groups in total. The zero-order valence-corrected chi connectivity index (χ0v) is 21.0. The van der Waals surface area contributed by atoms with E-state index in [1.54, 1.807) is 12.1 Å².